The molecule has 0 bridgehead atoms. The van der Waals surface area contributed by atoms with Crippen LogP contribution in [0.3, 0.4) is 0 Å². The van der Waals surface area contributed by atoms with Crippen molar-refractivity contribution < 1.29 is 14.6 Å². The summed E-state index contributed by atoms with van der Waals surface area (Å²) in [4.78, 5) is 19.7. The Hall–Kier alpha value is -3.36. The Morgan fingerprint density at radius 3 is 2.46 bits per heavy atom. The number of aliphatic hydroxyl groups is 1. The number of benzene rings is 2. The number of aliphatic hydroxyl groups excluding tert-OH is 1. The molecular weight excluding hydrogens is 442 g/mol. The van der Waals surface area contributed by atoms with Crippen molar-refractivity contribution >= 4 is 23.2 Å². The summed E-state index contributed by atoms with van der Waals surface area (Å²) in [5.74, 6) is 0.465. The van der Waals surface area contributed by atoms with Crippen molar-refractivity contribution in [2.75, 3.05) is 43.1 Å². The lowest BCUT2D eigenvalue weighted by Gasteiger charge is -2.29. The molecule has 8 nitrogen and oxygen atoms in total. The minimum Gasteiger partial charge on any atom is -0.394 e. The molecule has 2 aromatic carbocycles. The number of morpholine rings is 1. The molecule has 2 aliphatic heterocycles. The Bertz CT molecular complexity index is 1050. The van der Waals surface area contributed by atoms with E-state index in [-0.39, 0.29) is 30.0 Å². The highest BCUT2D eigenvalue weighted by molar-refractivity contribution is 5.95. The van der Waals surface area contributed by atoms with E-state index >= 15 is 0 Å². The van der Waals surface area contributed by atoms with Gasteiger partial charge in [-0.15, -0.1) is 0 Å². The second kappa shape index (κ2) is 10.9. The largest absolute Gasteiger partial charge is 0.394 e. The molecule has 8 heteroatoms. The minimum atomic E-state index is -0.316. The fraction of sp³-hybridized carbons (Fsp3) is 0.407. The second-order valence-electron chi connectivity index (χ2n) is 9.89. The number of guanidine groups is 1. The average Bonchev–Trinajstić information content (AvgIpc) is 2.87. The second-order valence-corrected chi connectivity index (χ2v) is 9.89. The van der Waals surface area contributed by atoms with Gasteiger partial charge in [-0.1, -0.05) is 32.9 Å². The van der Waals surface area contributed by atoms with Crippen molar-refractivity contribution in [3.05, 3.63) is 71.9 Å². The maximum atomic E-state index is 12.6. The van der Waals surface area contributed by atoms with Gasteiger partial charge in [0, 0.05) is 36.2 Å². The summed E-state index contributed by atoms with van der Waals surface area (Å²) < 4.78 is 5.43. The SMILES string of the molecule is CC(C)(C)C(CO)NC(=O)c1ccc(C2C=CNC(Nc3ccc(N4CCOCC4)cc3)=N2)cc1. The predicted octanol–water partition coefficient (Wildman–Crippen LogP) is 3.29. The van der Waals surface area contributed by atoms with Gasteiger partial charge in [0.15, 0.2) is 0 Å². The lowest BCUT2D eigenvalue weighted by Crippen LogP contribution is -2.46. The molecule has 1 amide bonds. The summed E-state index contributed by atoms with van der Waals surface area (Å²) in [5.41, 5.74) is 3.44. The Labute approximate surface area is 207 Å². The van der Waals surface area contributed by atoms with Gasteiger partial charge in [0.2, 0.25) is 5.96 Å². The highest BCUT2D eigenvalue weighted by atomic mass is 16.5. The van der Waals surface area contributed by atoms with Crippen molar-refractivity contribution in [1.82, 2.24) is 10.6 Å². The van der Waals surface area contributed by atoms with E-state index in [0.29, 0.717) is 11.5 Å². The van der Waals surface area contributed by atoms with Crippen molar-refractivity contribution in [3.8, 4) is 0 Å². The molecule has 35 heavy (non-hydrogen) atoms. The first-order valence-electron chi connectivity index (χ1n) is 12.1. The summed E-state index contributed by atoms with van der Waals surface area (Å²) >= 11 is 0. The van der Waals surface area contributed by atoms with Gasteiger partial charge >= 0.3 is 0 Å². The summed E-state index contributed by atoms with van der Waals surface area (Å²) in [6.45, 7) is 9.21. The number of aliphatic imine (C=N–C) groups is 1. The number of hydrogen-bond acceptors (Lipinski definition) is 7. The molecular formula is C27H35N5O3. The first kappa shape index (κ1) is 24.8. The smallest absolute Gasteiger partial charge is 0.251 e. The zero-order chi connectivity index (χ0) is 24.8. The molecule has 0 aromatic heterocycles. The third kappa shape index (κ3) is 6.41. The van der Waals surface area contributed by atoms with E-state index in [1.807, 2.05) is 57.3 Å². The summed E-state index contributed by atoms with van der Waals surface area (Å²) in [6, 6.07) is 15.3. The van der Waals surface area contributed by atoms with Crippen LogP contribution in [-0.2, 0) is 4.74 Å². The van der Waals surface area contributed by atoms with Gasteiger partial charge in [-0.3, -0.25) is 4.79 Å². The average molecular weight is 478 g/mol. The first-order chi connectivity index (χ1) is 16.8. The summed E-state index contributed by atoms with van der Waals surface area (Å²) in [5, 5.41) is 19.0. The molecule has 186 valence electrons. The number of amides is 1. The number of ether oxygens (including phenoxy) is 1. The van der Waals surface area contributed by atoms with Crippen LogP contribution in [0.25, 0.3) is 0 Å². The van der Waals surface area contributed by atoms with Gasteiger partial charge in [-0.25, -0.2) is 4.99 Å². The van der Waals surface area contributed by atoms with Crippen LogP contribution >= 0.6 is 0 Å². The molecule has 2 aromatic rings. The third-order valence-electron chi connectivity index (χ3n) is 6.32. The standard InChI is InChI=1S/C27H35N5O3/c1-27(2,3)24(18-33)31-25(34)20-6-4-19(5-7-20)23-12-13-28-26(30-23)29-21-8-10-22(11-9-21)32-14-16-35-17-15-32/h4-13,23-24,33H,14-18H2,1-3H3,(H,31,34)(H2,28,29,30). The van der Waals surface area contributed by atoms with E-state index in [0.717, 1.165) is 37.6 Å². The lowest BCUT2D eigenvalue weighted by molar-refractivity contribution is 0.0848. The highest BCUT2D eigenvalue weighted by Gasteiger charge is 2.26. The topological polar surface area (TPSA) is 98.2 Å². The number of carbonyl (C=O) groups is 1. The van der Waals surface area contributed by atoms with Gasteiger partial charge in [0.1, 0.15) is 0 Å². The maximum Gasteiger partial charge on any atom is 0.251 e. The third-order valence-corrected chi connectivity index (χ3v) is 6.32. The predicted molar refractivity (Wildman–Crippen MR) is 140 cm³/mol. The molecule has 0 radical (unpaired) electrons. The Morgan fingerprint density at radius 2 is 1.83 bits per heavy atom. The van der Waals surface area contributed by atoms with Crippen LogP contribution in [0.4, 0.5) is 11.4 Å². The number of hydrogen-bond donors (Lipinski definition) is 4. The van der Waals surface area contributed by atoms with Crippen LogP contribution < -0.4 is 20.9 Å². The van der Waals surface area contributed by atoms with Gasteiger partial charge in [-0.05, 0) is 53.5 Å². The molecule has 2 aliphatic rings. The van der Waals surface area contributed by atoms with E-state index in [9.17, 15) is 9.90 Å². The number of rotatable bonds is 6. The van der Waals surface area contributed by atoms with E-state index in [2.05, 4.69) is 33.0 Å². The number of nitrogens with one attached hydrogen (secondary N) is 3. The summed E-state index contributed by atoms with van der Waals surface area (Å²) in [6.07, 6.45) is 3.85. The van der Waals surface area contributed by atoms with E-state index in [1.165, 1.54) is 5.69 Å². The van der Waals surface area contributed by atoms with Crippen molar-refractivity contribution in [2.24, 2.45) is 10.4 Å². The molecule has 1 saturated heterocycles. The van der Waals surface area contributed by atoms with E-state index < -0.39 is 0 Å². The number of carbonyl (C=O) groups excluding carboxylic acids is 1. The van der Waals surface area contributed by atoms with Gasteiger partial charge in [-0.2, -0.15) is 0 Å². The highest BCUT2D eigenvalue weighted by Crippen LogP contribution is 2.24. The zero-order valence-corrected chi connectivity index (χ0v) is 20.6. The Morgan fingerprint density at radius 1 is 1.14 bits per heavy atom. The monoisotopic (exact) mass is 477 g/mol. The maximum absolute atomic E-state index is 12.6. The molecule has 0 spiro atoms. The molecule has 2 unspecified atom stereocenters. The quantitative estimate of drug-likeness (QED) is 0.510. The van der Waals surface area contributed by atoms with Gasteiger partial charge in [0.05, 0.1) is 31.9 Å². The zero-order valence-electron chi connectivity index (χ0n) is 20.6. The van der Waals surface area contributed by atoms with Crippen LogP contribution in [0.1, 0.15) is 42.7 Å². The van der Waals surface area contributed by atoms with E-state index in [1.54, 1.807) is 12.1 Å². The molecule has 0 aliphatic carbocycles. The van der Waals surface area contributed by atoms with Crippen molar-refractivity contribution in [3.63, 3.8) is 0 Å². The molecule has 2 heterocycles. The fourth-order valence-electron chi connectivity index (χ4n) is 4.01. The van der Waals surface area contributed by atoms with Crippen LogP contribution in [0.5, 0.6) is 0 Å². The summed E-state index contributed by atoms with van der Waals surface area (Å²) in [7, 11) is 0. The normalized spacial score (nSPS) is 18.9. The van der Waals surface area contributed by atoms with Crippen LogP contribution in [-0.4, -0.2) is 55.9 Å². The molecule has 0 saturated carbocycles. The van der Waals surface area contributed by atoms with Gasteiger partial charge in [0.25, 0.3) is 5.91 Å². The van der Waals surface area contributed by atoms with Crippen LogP contribution in [0.15, 0.2) is 65.8 Å². The lowest BCUT2D eigenvalue weighted by atomic mass is 9.87. The van der Waals surface area contributed by atoms with Crippen molar-refractivity contribution in [1.29, 1.82) is 0 Å². The Kier molecular flexibility index (Phi) is 7.73. The molecule has 2 atom stereocenters. The molecule has 4 N–H and O–H groups in total. The van der Waals surface area contributed by atoms with E-state index in [4.69, 9.17) is 9.73 Å². The van der Waals surface area contributed by atoms with Crippen molar-refractivity contribution in [2.45, 2.75) is 32.9 Å². The molecule has 4 rings (SSSR count). The number of anilines is 2. The fourth-order valence-corrected chi connectivity index (χ4v) is 4.01. The number of nitrogens with zero attached hydrogens (tertiary/aromatic N) is 2. The van der Waals surface area contributed by atoms with Crippen LogP contribution in [0, 0.1) is 5.41 Å². The minimum absolute atomic E-state index is 0.104. The van der Waals surface area contributed by atoms with Gasteiger partial charge < -0.3 is 30.7 Å². The molecule has 1 fully saturated rings. The Balaban J connectivity index is 1.38. The first-order valence-corrected chi connectivity index (χ1v) is 12.1. The van der Waals surface area contributed by atoms with Crippen LogP contribution in [0.2, 0.25) is 0 Å².